The van der Waals surface area contributed by atoms with Gasteiger partial charge in [-0.15, -0.1) is 0 Å². The lowest BCUT2D eigenvalue weighted by Crippen LogP contribution is -2.26. The maximum Gasteiger partial charge on any atom is 0.0406 e. The smallest absolute Gasteiger partial charge is 0.0406 e. The molecule has 1 atom stereocenters. The molecule has 0 heterocycles. The average molecular weight is 1840 g/mol. The van der Waals surface area contributed by atoms with E-state index < -0.39 is 0 Å². The number of hydrogen-bond acceptors (Lipinski definition) is 0. The molecule has 0 bridgehead atoms. The van der Waals surface area contributed by atoms with Gasteiger partial charge in [0.2, 0.25) is 0 Å². The first-order valence-corrected chi connectivity index (χ1v) is 56.2. The van der Waals surface area contributed by atoms with Crippen LogP contribution in [0.2, 0.25) is 5.02 Å². The lowest BCUT2D eigenvalue weighted by molar-refractivity contribution is 0.398. The molecule has 19 rings (SSSR count). The van der Waals surface area contributed by atoms with Gasteiger partial charge in [0.15, 0.2) is 0 Å². The fourth-order valence-corrected chi connectivity index (χ4v) is 27.4. The van der Waals surface area contributed by atoms with Crippen LogP contribution in [-0.4, -0.2) is 0 Å². The summed E-state index contributed by atoms with van der Waals surface area (Å²) in [5, 5.41) is 0.770. The van der Waals surface area contributed by atoms with Crippen LogP contribution in [0, 0.1) is 0 Å². The summed E-state index contributed by atoms with van der Waals surface area (Å²) in [5.41, 5.74) is 50.3. The third-order valence-corrected chi connectivity index (χ3v) is 35.6. The van der Waals surface area contributed by atoms with Gasteiger partial charge in [0, 0.05) is 37.5 Å². The van der Waals surface area contributed by atoms with Gasteiger partial charge in [-0.05, 0) is 318 Å². The normalized spacial score (nSPS) is 15.9. The van der Waals surface area contributed by atoms with Crippen molar-refractivity contribution >= 4 is 11.6 Å². The van der Waals surface area contributed by atoms with Crippen LogP contribution in [0.5, 0.6) is 0 Å². The Balaban J connectivity index is 0.627. The number of fused-ring (bicyclic) bond motifs is 18. The highest BCUT2D eigenvalue weighted by Gasteiger charge is 2.49. The summed E-state index contributed by atoms with van der Waals surface area (Å²) < 4.78 is 0. The third kappa shape index (κ3) is 18.5. The molecule has 0 aliphatic heterocycles. The second-order valence-electron chi connectivity index (χ2n) is 45.3. The molecule has 1 unspecified atom stereocenters. The summed E-state index contributed by atoms with van der Waals surface area (Å²) in [4.78, 5) is 0. The van der Waals surface area contributed by atoms with Crippen LogP contribution in [-0.2, 0) is 32.5 Å². The zero-order valence-corrected chi connectivity index (χ0v) is 87.3. The quantitative estimate of drug-likeness (QED) is 0.0334. The molecule has 0 N–H and O–H groups in total. The summed E-state index contributed by atoms with van der Waals surface area (Å²) in [5.74, 6) is 0. The Morgan fingerprint density at radius 1 is 0.152 bits per heavy atom. The molecule has 1 heteroatoms. The van der Waals surface area contributed by atoms with Crippen LogP contribution in [0.4, 0.5) is 0 Å². The van der Waals surface area contributed by atoms with Gasteiger partial charge in [0.1, 0.15) is 0 Å². The number of rotatable bonds is 47. The third-order valence-electron chi connectivity index (χ3n) is 35.4. The Hall–Kier alpha value is -9.85. The number of halogens is 1. The number of hydrogen-bond donors (Lipinski definition) is 0. The minimum atomic E-state index is -0.214. The monoisotopic (exact) mass is 1840 g/mol. The molecular formula is C137H159Cl. The predicted molar refractivity (Wildman–Crippen MR) is 599 cm³/mol. The Labute approximate surface area is 838 Å². The topological polar surface area (TPSA) is 0 Å². The molecule has 0 nitrogen and oxygen atoms in total. The van der Waals surface area contributed by atoms with Crippen LogP contribution >= 0.6 is 11.6 Å². The van der Waals surface area contributed by atoms with Crippen molar-refractivity contribution in [1.29, 1.82) is 0 Å². The van der Waals surface area contributed by atoms with Crippen molar-refractivity contribution in [3.8, 4) is 134 Å². The fraction of sp³-hybridized carbons (Fsp3) is 0.431. The molecule has 138 heavy (non-hydrogen) atoms. The van der Waals surface area contributed by atoms with Gasteiger partial charge in [0.25, 0.3) is 0 Å². The van der Waals surface area contributed by atoms with E-state index in [1.54, 1.807) is 33.4 Å². The van der Waals surface area contributed by atoms with Gasteiger partial charge in [0.05, 0.1) is 0 Å². The van der Waals surface area contributed by atoms with E-state index in [0.717, 1.165) is 5.02 Å². The van der Waals surface area contributed by atoms with Gasteiger partial charge >= 0.3 is 0 Å². The van der Waals surface area contributed by atoms with Crippen molar-refractivity contribution in [3.05, 3.63) is 321 Å². The minimum Gasteiger partial charge on any atom is -0.0843 e. The van der Waals surface area contributed by atoms with Crippen LogP contribution < -0.4 is 0 Å². The molecule has 13 aromatic rings. The maximum atomic E-state index is 6.41. The van der Waals surface area contributed by atoms with E-state index in [1.807, 2.05) is 12.1 Å². The largest absolute Gasteiger partial charge is 0.0843 e. The fourth-order valence-electron chi connectivity index (χ4n) is 27.3. The van der Waals surface area contributed by atoms with Crippen molar-refractivity contribution in [2.24, 2.45) is 0 Å². The maximum absolute atomic E-state index is 6.41. The summed E-state index contributed by atoms with van der Waals surface area (Å²) in [6.45, 7) is 29.1. The molecule has 0 spiro atoms. The van der Waals surface area contributed by atoms with E-state index in [4.69, 9.17) is 11.6 Å². The molecule has 714 valence electrons. The first-order valence-electron chi connectivity index (χ1n) is 55.8. The Morgan fingerprint density at radius 2 is 0.319 bits per heavy atom. The molecular weight excluding hydrogens is 1680 g/mol. The van der Waals surface area contributed by atoms with Crippen LogP contribution in [0.3, 0.4) is 0 Å². The van der Waals surface area contributed by atoms with E-state index in [1.165, 1.54) is 430 Å². The molecule has 0 amide bonds. The highest BCUT2D eigenvalue weighted by atomic mass is 35.5. The SMILES string of the molecule is CCCCCCCCC1(CCCCCCC)c2cc(-c3ccc4c(c3)C(C)(C)c3cc(-c5ccc(Cl)cc5)ccc3-4)ccc2-c2ccc(-c3ccc4c(c3)C(C)(C)c3cc5c(cc3-4)C(CCCCCCCC)(CCCCCCCC)c3cc(-c4ccc(-c6ccc7c(c6)C(C)(C)c6cc(-c8ccc9c(c8)C(CCCCCCCC)(CCCCCCCC)c8ccccc8-9)ccc6-7)cc4)ccc3-5)cc21. The first kappa shape index (κ1) is 97.0. The minimum absolute atomic E-state index is 0.0528. The van der Waals surface area contributed by atoms with Gasteiger partial charge in [-0.1, -0.05) is 489 Å². The predicted octanol–water partition coefficient (Wildman–Crippen LogP) is 42.2. The first-order chi connectivity index (χ1) is 67.3. The van der Waals surface area contributed by atoms with Gasteiger partial charge in [-0.2, -0.15) is 0 Å². The van der Waals surface area contributed by atoms with E-state index in [0.29, 0.717) is 0 Å². The Morgan fingerprint density at radius 3 is 0.594 bits per heavy atom. The molecule has 0 radical (unpaired) electrons. The zero-order valence-electron chi connectivity index (χ0n) is 86.5. The Bertz CT molecular complexity index is 6470. The van der Waals surface area contributed by atoms with E-state index in [2.05, 4.69) is 320 Å². The van der Waals surface area contributed by atoms with E-state index in [-0.39, 0.29) is 32.5 Å². The summed E-state index contributed by atoms with van der Waals surface area (Å²) in [7, 11) is 0. The van der Waals surface area contributed by atoms with Crippen LogP contribution in [0.25, 0.3) is 134 Å². The molecule has 13 aromatic carbocycles. The van der Waals surface area contributed by atoms with Gasteiger partial charge in [-0.25, -0.2) is 0 Å². The summed E-state index contributed by atoms with van der Waals surface area (Å²) in [6, 6.07) is 101. The second kappa shape index (κ2) is 42.1. The average Bonchev–Trinajstić information content (AvgIpc) is 1.54. The highest BCUT2D eigenvalue weighted by molar-refractivity contribution is 6.30. The van der Waals surface area contributed by atoms with Crippen LogP contribution in [0.1, 0.15) is 413 Å². The lowest BCUT2D eigenvalue weighted by Gasteiger charge is -2.34. The molecule has 6 aliphatic carbocycles. The van der Waals surface area contributed by atoms with Crippen molar-refractivity contribution < 1.29 is 0 Å². The van der Waals surface area contributed by atoms with Crippen molar-refractivity contribution in [3.63, 3.8) is 0 Å². The summed E-state index contributed by atoms with van der Waals surface area (Å²) >= 11 is 6.41. The number of unbranched alkanes of at least 4 members (excludes halogenated alkanes) is 29. The zero-order chi connectivity index (χ0) is 95.3. The molecule has 0 fully saturated rings. The van der Waals surface area contributed by atoms with Crippen LogP contribution in [0.15, 0.2) is 249 Å². The summed E-state index contributed by atoms with van der Waals surface area (Å²) in [6.07, 6.45) is 52.9. The molecule has 0 saturated heterocycles. The standard InChI is InChI=1S/C137H159Cl/c1-13-19-25-31-37-45-78-135(79-46-38-32-26-20-14-2)120-51-43-42-50-108(120)113-73-63-104(90-127(113)135)101-61-71-111-109-69-58-98(84-121(109)132(7,8)123(111)86-101)95-52-54-96(55-53-95)100-60-77-117-119-93-126-118(94-131(119)137(130(117)89-100,82-48-40-34-28-22-16-4)83-49-41-35-29-23-17-5)116-76-66-103(88-125(116)134(126,11)12)106-65-75-115-114-74-64-105(91-128(114)136(129(115)92-106,80-44-36-30-24-18-6)81-47-39-33-27-21-15-3)102-62-72-112-110-70-59-99(97-56-67-107(138)68-57-97)85-122(110)133(9,10)124(112)87-102/h42-43,50-77,84-94H,13-41,44-49,78-83H2,1-12H3. The lowest BCUT2D eigenvalue weighted by atomic mass is 9.69. The Kier molecular flexibility index (Phi) is 29.6. The van der Waals surface area contributed by atoms with Gasteiger partial charge in [-0.3, -0.25) is 0 Å². The van der Waals surface area contributed by atoms with E-state index in [9.17, 15) is 0 Å². The number of benzene rings is 13. The van der Waals surface area contributed by atoms with Crippen molar-refractivity contribution in [1.82, 2.24) is 0 Å². The molecule has 6 aliphatic rings. The molecule has 0 aromatic heterocycles. The second-order valence-corrected chi connectivity index (χ2v) is 45.7. The molecule has 0 saturated carbocycles. The van der Waals surface area contributed by atoms with Crippen molar-refractivity contribution in [2.45, 2.75) is 379 Å². The van der Waals surface area contributed by atoms with Gasteiger partial charge < -0.3 is 0 Å². The highest BCUT2D eigenvalue weighted by Crippen LogP contribution is 2.64. The van der Waals surface area contributed by atoms with E-state index >= 15 is 0 Å². The van der Waals surface area contributed by atoms with Crippen molar-refractivity contribution in [2.75, 3.05) is 0 Å².